The van der Waals surface area contributed by atoms with Crippen molar-refractivity contribution in [2.45, 2.75) is 25.5 Å². The number of aliphatic hydroxyl groups is 1. The number of allylic oxidation sites excluding steroid dienone is 1. The van der Waals surface area contributed by atoms with Crippen molar-refractivity contribution in [1.82, 2.24) is 4.98 Å². The van der Waals surface area contributed by atoms with E-state index in [-0.39, 0.29) is 18.0 Å². The molecule has 1 heterocycles. The summed E-state index contributed by atoms with van der Waals surface area (Å²) >= 11 is 0. The molecular formula is C12H13N5O3. The Hall–Kier alpha value is -2.44. The molecule has 0 saturated carbocycles. The molecule has 104 valence electrons. The van der Waals surface area contributed by atoms with Gasteiger partial charge in [0.05, 0.1) is 10.5 Å². The van der Waals surface area contributed by atoms with Crippen LogP contribution in [0.25, 0.3) is 16.0 Å². The van der Waals surface area contributed by atoms with Gasteiger partial charge in [-0.1, -0.05) is 18.1 Å². The molecule has 1 aromatic rings. The highest BCUT2D eigenvalue weighted by atomic mass is 16.6. The molecule has 0 aromatic carbocycles. The van der Waals surface area contributed by atoms with Gasteiger partial charge in [-0.3, -0.25) is 15.1 Å². The largest absolute Gasteiger partial charge is 0.383 e. The predicted octanol–water partition coefficient (Wildman–Crippen LogP) is 2.80. The molecule has 20 heavy (non-hydrogen) atoms. The third-order valence-corrected chi connectivity index (χ3v) is 3.52. The van der Waals surface area contributed by atoms with Crippen molar-refractivity contribution >= 4 is 11.3 Å². The molecule has 0 aliphatic heterocycles. The van der Waals surface area contributed by atoms with Gasteiger partial charge < -0.3 is 5.11 Å². The number of nitro groups is 1. The molecule has 0 radical (unpaired) electrons. The van der Waals surface area contributed by atoms with Gasteiger partial charge in [0.1, 0.15) is 11.9 Å². The van der Waals surface area contributed by atoms with E-state index >= 15 is 0 Å². The minimum absolute atomic E-state index is 0.0693. The van der Waals surface area contributed by atoms with Gasteiger partial charge in [-0.2, -0.15) is 0 Å². The summed E-state index contributed by atoms with van der Waals surface area (Å²) in [5.74, 6) is -0.328. The predicted molar refractivity (Wildman–Crippen MR) is 71.4 cm³/mol. The Balaban J connectivity index is 2.40. The Bertz CT molecular complexity index is 623. The first-order valence-electron chi connectivity index (χ1n) is 6.04. The fourth-order valence-corrected chi connectivity index (χ4v) is 2.29. The number of hydrogen-bond donors (Lipinski definition) is 1. The minimum atomic E-state index is -1.47. The van der Waals surface area contributed by atoms with Crippen molar-refractivity contribution in [3.8, 4) is 0 Å². The Morgan fingerprint density at radius 1 is 1.70 bits per heavy atom. The zero-order chi connectivity index (χ0) is 14.8. The van der Waals surface area contributed by atoms with Gasteiger partial charge in [0.25, 0.3) is 5.69 Å². The summed E-state index contributed by atoms with van der Waals surface area (Å²) in [7, 11) is 0. The third kappa shape index (κ3) is 2.47. The topological polar surface area (TPSA) is 125 Å². The van der Waals surface area contributed by atoms with E-state index in [0.29, 0.717) is 12.0 Å². The van der Waals surface area contributed by atoms with Gasteiger partial charge in [0.2, 0.25) is 0 Å². The quantitative estimate of drug-likeness (QED) is 0.299. The maximum atomic E-state index is 11.0. The van der Waals surface area contributed by atoms with Crippen LogP contribution < -0.4 is 0 Å². The van der Waals surface area contributed by atoms with E-state index in [2.05, 4.69) is 15.0 Å². The number of nitrogens with zero attached hydrogens (tertiary/aromatic N) is 5. The summed E-state index contributed by atoms with van der Waals surface area (Å²) in [6.45, 7) is 1.74. The molecule has 1 N–H and O–H groups in total. The zero-order valence-electron chi connectivity index (χ0n) is 10.8. The zero-order valence-corrected chi connectivity index (χ0v) is 10.8. The van der Waals surface area contributed by atoms with Crippen LogP contribution in [-0.2, 0) is 0 Å². The molecular weight excluding hydrogens is 262 g/mol. The molecule has 0 saturated heterocycles. The highest BCUT2D eigenvalue weighted by Crippen LogP contribution is 2.40. The summed E-state index contributed by atoms with van der Waals surface area (Å²) in [6, 6.07) is 1.58. The SMILES string of the molecule is CC1CC(c2ccncc2[N+](=O)[O-])=CCC1(O)N=[N+]=[N-]. The van der Waals surface area contributed by atoms with E-state index < -0.39 is 10.6 Å². The Kier molecular flexibility index (Phi) is 3.69. The van der Waals surface area contributed by atoms with Gasteiger partial charge in [-0.05, 0) is 29.5 Å². The van der Waals surface area contributed by atoms with E-state index in [1.165, 1.54) is 12.4 Å². The lowest BCUT2D eigenvalue weighted by atomic mass is 9.81. The van der Waals surface area contributed by atoms with E-state index in [0.717, 1.165) is 5.57 Å². The maximum Gasteiger partial charge on any atom is 0.294 e. The number of pyridine rings is 1. The standard InChI is InChI=1S/C12H13N5O3/c1-8-6-9(2-4-12(8,18)15-16-13)10-3-5-14-7-11(10)17(19)20/h2-3,5,7-8,18H,4,6H2,1H3. The second kappa shape index (κ2) is 5.28. The highest BCUT2D eigenvalue weighted by molar-refractivity contribution is 5.73. The van der Waals surface area contributed by atoms with Crippen LogP contribution in [0.1, 0.15) is 25.3 Å². The van der Waals surface area contributed by atoms with Gasteiger partial charge in [-0.15, -0.1) is 0 Å². The van der Waals surface area contributed by atoms with Crippen LogP contribution >= 0.6 is 0 Å². The molecule has 2 unspecified atom stereocenters. The molecule has 0 spiro atoms. The Labute approximate surface area is 114 Å². The molecule has 0 bridgehead atoms. The van der Waals surface area contributed by atoms with Gasteiger partial charge in [0, 0.05) is 17.5 Å². The fraction of sp³-hybridized carbons (Fsp3) is 0.417. The van der Waals surface area contributed by atoms with E-state index in [9.17, 15) is 15.2 Å². The van der Waals surface area contributed by atoms with Crippen LogP contribution in [0, 0.1) is 16.0 Å². The lowest BCUT2D eigenvalue weighted by Crippen LogP contribution is -2.35. The molecule has 2 rings (SSSR count). The molecule has 1 aliphatic carbocycles. The van der Waals surface area contributed by atoms with Crippen molar-refractivity contribution < 1.29 is 10.0 Å². The fourth-order valence-electron chi connectivity index (χ4n) is 2.29. The van der Waals surface area contributed by atoms with Crippen molar-refractivity contribution in [2.24, 2.45) is 11.0 Å². The van der Waals surface area contributed by atoms with E-state index in [1.54, 1.807) is 19.1 Å². The first kappa shape index (κ1) is 14.0. The van der Waals surface area contributed by atoms with Crippen LogP contribution in [-0.4, -0.2) is 20.7 Å². The van der Waals surface area contributed by atoms with Crippen molar-refractivity contribution in [1.29, 1.82) is 0 Å². The van der Waals surface area contributed by atoms with Gasteiger partial charge >= 0.3 is 0 Å². The Morgan fingerprint density at radius 2 is 2.45 bits per heavy atom. The average Bonchev–Trinajstić information content (AvgIpc) is 2.42. The smallest absolute Gasteiger partial charge is 0.294 e. The van der Waals surface area contributed by atoms with E-state index in [1.807, 2.05) is 0 Å². The van der Waals surface area contributed by atoms with E-state index in [4.69, 9.17) is 5.53 Å². The molecule has 0 fully saturated rings. The number of azide groups is 1. The van der Waals surface area contributed by atoms with Crippen LogP contribution in [0.15, 0.2) is 29.7 Å². The molecule has 1 aromatic heterocycles. The number of hydrogen-bond acceptors (Lipinski definition) is 5. The molecule has 8 heteroatoms. The average molecular weight is 275 g/mol. The van der Waals surface area contributed by atoms with Crippen LogP contribution in [0.3, 0.4) is 0 Å². The van der Waals surface area contributed by atoms with Crippen LogP contribution in [0.4, 0.5) is 5.69 Å². The highest BCUT2D eigenvalue weighted by Gasteiger charge is 2.36. The number of rotatable bonds is 3. The van der Waals surface area contributed by atoms with Crippen LogP contribution in [0.5, 0.6) is 0 Å². The second-order valence-corrected chi connectivity index (χ2v) is 4.76. The molecule has 0 amide bonds. The molecule has 8 nitrogen and oxygen atoms in total. The lowest BCUT2D eigenvalue weighted by Gasteiger charge is -2.33. The minimum Gasteiger partial charge on any atom is -0.383 e. The first-order chi connectivity index (χ1) is 9.48. The van der Waals surface area contributed by atoms with Crippen molar-refractivity contribution in [2.75, 3.05) is 0 Å². The normalized spacial score (nSPS) is 25.5. The summed E-state index contributed by atoms with van der Waals surface area (Å²) < 4.78 is 0. The summed E-state index contributed by atoms with van der Waals surface area (Å²) in [6.07, 6.45) is 4.89. The van der Waals surface area contributed by atoms with Gasteiger partial charge in [0.15, 0.2) is 0 Å². The Morgan fingerprint density at radius 3 is 3.05 bits per heavy atom. The lowest BCUT2D eigenvalue weighted by molar-refractivity contribution is -0.385. The first-order valence-corrected chi connectivity index (χ1v) is 6.04. The molecule has 2 atom stereocenters. The van der Waals surface area contributed by atoms with Gasteiger partial charge in [-0.25, -0.2) is 0 Å². The monoisotopic (exact) mass is 275 g/mol. The van der Waals surface area contributed by atoms with Crippen LogP contribution in [0.2, 0.25) is 0 Å². The summed E-state index contributed by atoms with van der Waals surface area (Å²) in [4.78, 5) is 16.9. The van der Waals surface area contributed by atoms with Crippen molar-refractivity contribution in [3.05, 3.63) is 50.7 Å². The van der Waals surface area contributed by atoms with Crippen molar-refractivity contribution in [3.63, 3.8) is 0 Å². The maximum absolute atomic E-state index is 11.0. The number of aromatic nitrogens is 1. The third-order valence-electron chi connectivity index (χ3n) is 3.52. The second-order valence-electron chi connectivity index (χ2n) is 4.76. The summed E-state index contributed by atoms with van der Waals surface area (Å²) in [5.41, 5.74) is 8.18. The summed E-state index contributed by atoms with van der Waals surface area (Å²) in [5, 5.41) is 24.6. The molecule has 1 aliphatic rings.